The maximum absolute atomic E-state index is 11.8. The Morgan fingerprint density at radius 1 is 1.00 bits per heavy atom. The van der Waals surface area contributed by atoms with Crippen molar-refractivity contribution in [3.8, 4) is 11.5 Å². The number of amides is 1. The lowest BCUT2D eigenvalue weighted by Gasteiger charge is -2.21. The van der Waals surface area contributed by atoms with Crippen LogP contribution in [-0.2, 0) is 19.1 Å². The fourth-order valence-electron chi connectivity index (χ4n) is 3.04. The molecule has 0 fully saturated rings. The van der Waals surface area contributed by atoms with Crippen LogP contribution in [0.15, 0.2) is 54.6 Å². The van der Waals surface area contributed by atoms with Crippen LogP contribution in [0.5, 0.6) is 11.5 Å². The zero-order valence-corrected chi connectivity index (χ0v) is 21.0. The number of carbonyl (C=O) groups is 3. The van der Waals surface area contributed by atoms with Crippen molar-refractivity contribution in [2.75, 3.05) is 50.8 Å². The summed E-state index contributed by atoms with van der Waals surface area (Å²) >= 11 is 0. The number of hydrogen-bond acceptors (Lipinski definition) is 8. The van der Waals surface area contributed by atoms with Crippen LogP contribution in [0.3, 0.4) is 0 Å². The van der Waals surface area contributed by atoms with Crippen molar-refractivity contribution in [3.63, 3.8) is 0 Å². The number of hydrogen-bond donors (Lipinski definition) is 3. The Morgan fingerprint density at radius 2 is 1.72 bits per heavy atom. The Bertz CT molecular complexity index is 908. The molecule has 0 radical (unpaired) electrons. The van der Waals surface area contributed by atoms with Gasteiger partial charge in [-0.25, -0.2) is 0 Å². The number of anilines is 1. The number of aliphatic hydroxyl groups is 1. The van der Waals surface area contributed by atoms with Crippen LogP contribution in [0, 0.1) is 0 Å². The summed E-state index contributed by atoms with van der Waals surface area (Å²) in [5.41, 5.74) is 1.64. The van der Waals surface area contributed by atoms with Crippen molar-refractivity contribution in [2.45, 2.75) is 20.0 Å². The molecule has 1 atom stereocenters. The lowest BCUT2D eigenvalue weighted by molar-refractivity contribution is -0.122. The molecular weight excluding hydrogens is 462 g/mol. The summed E-state index contributed by atoms with van der Waals surface area (Å²) in [5.74, 6) is 1.38. The molecule has 2 aromatic rings. The monoisotopic (exact) mass is 501 g/mol. The molecule has 198 valence electrons. The number of aldehydes is 2. The summed E-state index contributed by atoms with van der Waals surface area (Å²) in [6, 6.07) is 15.2. The Kier molecular flexibility index (Phi) is 16.9. The molecule has 9 heteroatoms. The summed E-state index contributed by atoms with van der Waals surface area (Å²) in [6.07, 6.45) is 4.70. The number of carbonyl (C=O) groups excluding carboxylic acids is 3. The predicted molar refractivity (Wildman–Crippen MR) is 144 cm³/mol. The van der Waals surface area contributed by atoms with Crippen LogP contribution in [-0.4, -0.2) is 76.1 Å². The van der Waals surface area contributed by atoms with E-state index in [4.69, 9.17) is 19.1 Å². The molecular formula is C27H39N3O6. The number of likely N-dealkylation sites (N-methyl/N-ethyl adjacent to an activating group) is 1. The van der Waals surface area contributed by atoms with Gasteiger partial charge < -0.3 is 30.1 Å². The highest BCUT2D eigenvalue weighted by Crippen LogP contribution is 2.29. The highest BCUT2D eigenvalue weighted by Gasteiger charge is 2.12. The van der Waals surface area contributed by atoms with Crippen LogP contribution >= 0.6 is 0 Å². The van der Waals surface area contributed by atoms with Gasteiger partial charge in [-0.05, 0) is 43.3 Å². The number of para-hydroxylation sites is 1. The number of rotatable bonds is 17. The number of aliphatic hydroxyl groups excluding tert-OH is 1. The summed E-state index contributed by atoms with van der Waals surface area (Å²) in [5, 5.41) is 16.2. The molecule has 0 aromatic heterocycles. The van der Waals surface area contributed by atoms with E-state index in [0.29, 0.717) is 45.1 Å². The first-order valence-electron chi connectivity index (χ1n) is 11.9. The quantitative estimate of drug-likeness (QED) is 0.172. The largest absolute Gasteiger partial charge is 0.457 e. The second kappa shape index (κ2) is 19.9. The minimum atomic E-state index is -0.433. The van der Waals surface area contributed by atoms with Gasteiger partial charge in [-0.2, -0.15) is 0 Å². The SMILES string of the molecule is CCNCC(O)CNC/C=C/c1ccc(Oc2ccccc2)cc1N(C=O)CCOCC.O=CC=O.[HH]. The van der Waals surface area contributed by atoms with Gasteiger partial charge in [0.05, 0.1) is 18.4 Å². The Labute approximate surface area is 214 Å². The molecule has 0 bridgehead atoms. The molecule has 0 saturated heterocycles. The van der Waals surface area contributed by atoms with Crippen LogP contribution in [0.4, 0.5) is 5.69 Å². The number of ether oxygens (including phenoxy) is 2. The maximum Gasteiger partial charge on any atom is 0.214 e. The van der Waals surface area contributed by atoms with Gasteiger partial charge in [0.1, 0.15) is 11.5 Å². The van der Waals surface area contributed by atoms with Gasteiger partial charge in [-0.3, -0.25) is 14.4 Å². The third-order valence-electron chi connectivity index (χ3n) is 4.72. The Balaban J connectivity index is 0.00000241. The summed E-state index contributed by atoms with van der Waals surface area (Å²) in [6.45, 7) is 7.93. The number of nitrogens with one attached hydrogen (secondary N) is 2. The van der Waals surface area contributed by atoms with Crippen molar-refractivity contribution in [1.82, 2.24) is 10.6 Å². The second-order valence-electron chi connectivity index (χ2n) is 7.43. The lowest BCUT2D eigenvalue weighted by atomic mass is 10.1. The molecule has 1 amide bonds. The van der Waals surface area contributed by atoms with Crippen molar-refractivity contribution in [3.05, 3.63) is 60.2 Å². The highest BCUT2D eigenvalue weighted by atomic mass is 16.5. The highest BCUT2D eigenvalue weighted by molar-refractivity contribution is 6.09. The average Bonchev–Trinajstić information content (AvgIpc) is 2.91. The standard InChI is InChI=1S/C25H35N3O4.C2H2O2.H2/c1-3-26-18-22(30)19-27-14-8-9-21-12-13-24(32-23-10-6-5-7-11-23)17-25(21)28(20-29)15-16-31-4-2;3-1-2-4;/h5-13,17,20,22,26-27,30H,3-4,14-16,18-19H2,1-2H3;1-2H;1H/b9-8+;;. The van der Waals surface area contributed by atoms with E-state index in [0.717, 1.165) is 30.0 Å². The molecule has 1 unspecified atom stereocenters. The van der Waals surface area contributed by atoms with E-state index in [1.54, 1.807) is 4.90 Å². The van der Waals surface area contributed by atoms with E-state index < -0.39 is 6.10 Å². The van der Waals surface area contributed by atoms with Crippen molar-refractivity contribution >= 4 is 30.7 Å². The molecule has 0 heterocycles. The molecule has 0 aliphatic carbocycles. The summed E-state index contributed by atoms with van der Waals surface area (Å²) < 4.78 is 11.4. The van der Waals surface area contributed by atoms with Gasteiger partial charge in [-0.15, -0.1) is 0 Å². The molecule has 36 heavy (non-hydrogen) atoms. The van der Waals surface area contributed by atoms with E-state index in [1.807, 2.05) is 74.5 Å². The van der Waals surface area contributed by atoms with E-state index in [-0.39, 0.29) is 14.0 Å². The van der Waals surface area contributed by atoms with E-state index in [1.165, 1.54) is 0 Å². The third kappa shape index (κ3) is 12.9. The van der Waals surface area contributed by atoms with Gasteiger partial charge in [-0.1, -0.05) is 37.3 Å². The number of nitrogens with zero attached hydrogens (tertiary/aromatic N) is 1. The van der Waals surface area contributed by atoms with Crippen molar-refractivity contribution < 1.29 is 30.4 Å². The van der Waals surface area contributed by atoms with Crippen molar-refractivity contribution in [2.24, 2.45) is 0 Å². The average molecular weight is 502 g/mol. The molecule has 0 aliphatic rings. The minimum absolute atomic E-state index is 0. The first-order valence-corrected chi connectivity index (χ1v) is 11.9. The Hall–Kier alpha value is -3.37. The van der Waals surface area contributed by atoms with E-state index >= 15 is 0 Å². The molecule has 3 N–H and O–H groups in total. The van der Waals surface area contributed by atoms with Gasteiger partial charge in [0.25, 0.3) is 0 Å². The van der Waals surface area contributed by atoms with Crippen LogP contribution in [0.25, 0.3) is 6.08 Å². The molecule has 9 nitrogen and oxygen atoms in total. The maximum atomic E-state index is 11.8. The van der Waals surface area contributed by atoms with Gasteiger partial charge in [0, 0.05) is 40.3 Å². The van der Waals surface area contributed by atoms with Gasteiger partial charge in [0.15, 0.2) is 12.6 Å². The molecule has 0 saturated carbocycles. The first-order chi connectivity index (χ1) is 17.6. The van der Waals surface area contributed by atoms with Crippen molar-refractivity contribution in [1.29, 1.82) is 0 Å². The summed E-state index contributed by atoms with van der Waals surface area (Å²) in [4.78, 5) is 31.1. The predicted octanol–water partition coefficient (Wildman–Crippen LogP) is 2.68. The molecule has 0 aliphatic heterocycles. The third-order valence-corrected chi connectivity index (χ3v) is 4.72. The molecule has 2 rings (SSSR count). The fourth-order valence-corrected chi connectivity index (χ4v) is 3.04. The Morgan fingerprint density at radius 3 is 2.36 bits per heavy atom. The lowest BCUT2D eigenvalue weighted by Crippen LogP contribution is -2.35. The molecule has 2 aromatic carbocycles. The zero-order valence-electron chi connectivity index (χ0n) is 21.0. The van der Waals surface area contributed by atoms with Gasteiger partial charge in [0.2, 0.25) is 6.41 Å². The topological polar surface area (TPSA) is 117 Å². The normalized spacial score (nSPS) is 11.3. The van der Waals surface area contributed by atoms with Crippen LogP contribution in [0.2, 0.25) is 0 Å². The fraction of sp³-hybridized carbons (Fsp3) is 0.370. The van der Waals surface area contributed by atoms with Crippen LogP contribution in [0.1, 0.15) is 20.8 Å². The van der Waals surface area contributed by atoms with E-state index in [2.05, 4.69) is 10.6 Å². The zero-order chi connectivity index (χ0) is 26.4. The smallest absolute Gasteiger partial charge is 0.214 e. The first kappa shape index (κ1) is 30.7. The number of benzene rings is 2. The van der Waals surface area contributed by atoms with Gasteiger partial charge >= 0.3 is 0 Å². The van der Waals surface area contributed by atoms with E-state index in [9.17, 15) is 9.90 Å². The second-order valence-corrected chi connectivity index (χ2v) is 7.43. The summed E-state index contributed by atoms with van der Waals surface area (Å²) in [7, 11) is 0. The molecule has 0 spiro atoms. The van der Waals surface area contributed by atoms with Crippen LogP contribution < -0.4 is 20.3 Å². The minimum Gasteiger partial charge on any atom is -0.457 e.